The van der Waals surface area contributed by atoms with Crippen LogP contribution in [0.4, 0.5) is 0 Å². The molecule has 106 valence electrons. The monoisotopic (exact) mass is 307 g/mol. The van der Waals surface area contributed by atoms with Gasteiger partial charge in [0, 0.05) is 17.6 Å². The zero-order valence-electron chi connectivity index (χ0n) is 11.3. The summed E-state index contributed by atoms with van der Waals surface area (Å²) in [5.74, 6) is 1.42. The maximum absolute atomic E-state index is 5.78. The third-order valence-electron chi connectivity index (χ3n) is 3.53. The molecule has 0 atom stereocenters. The Morgan fingerprint density at radius 1 is 1.25 bits per heavy atom. The molecule has 1 aromatic carbocycles. The summed E-state index contributed by atoms with van der Waals surface area (Å²) in [6.45, 7) is 1.59. The Kier molecular flexibility index (Phi) is 4.71. The van der Waals surface area contributed by atoms with E-state index in [1.165, 1.54) is 24.8 Å². The predicted molar refractivity (Wildman–Crippen MR) is 84.1 cm³/mol. The first kappa shape index (κ1) is 14.1. The van der Waals surface area contributed by atoms with Gasteiger partial charge in [0.05, 0.1) is 18.2 Å². The molecule has 3 rings (SSSR count). The van der Waals surface area contributed by atoms with Gasteiger partial charge in [-0.2, -0.15) is 0 Å². The number of hydrogen-bond donors (Lipinski definition) is 0. The van der Waals surface area contributed by atoms with Crippen LogP contribution < -0.4 is 0 Å². The fraction of sp³-hybridized carbons (Fsp3) is 0.438. The van der Waals surface area contributed by atoms with Crippen LogP contribution in [-0.4, -0.2) is 11.6 Å². The Morgan fingerprint density at radius 2 is 2.05 bits per heavy atom. The molecule has 1 fully saturated rings. The van der Waals surface area contributed by atoms with Crippen LogP contribution in [0.5, 0.6) is 0 Å². The minimum absolute atomic E-state index is 0.476. The second-order valence-corrected chi connectivity index (χ2v) is 6.38. The highest BCUT2D eigenvalue weighted by molar-refractivity contribution is 7.13. The number of halogens is 1. The molecule has 1 heterocycles. The van der Waals surface area contributed by atoms with E-state index < -0.39 is 0 Å². The molecule has 0 bridgehead atoms. The molecule has 1 saturated carbocycles. The van der Waals surface area contributed by atoms with E-state index in [-0.39, 0.29) is 0 Å². The van der Waals surface area contributed by atoms with Gasteiger partial charge >= 0.3 is 0 Å². The normalized spacial score (nSPS) is 14.7. The van der Waals surface area contributed by atoms with Crippen LogP contribution in [0.2, 0.25) is 0 Å². The van der Waals surface area contributed by atoms with E-state index in [9.17, 15) is 0 Å². The molecule has 1 aliphatic rings. The average Bonchev–Trinajstić information content (AvgIpc) is 3.19. The first-order valence-electron chi connectivity index (χ1n) is 7.02. The minimum atomic E-state index is 0.476. The van der Waals surface area contributed by atoms with Crippen molar-refractivity contribution < 1.29 is 4.74 Å². The Hall–Kier alpha value is -0.900. The van der Waals surface area contributed by atoms with Gasteiger partial charge in [-0.1, -0.05) is 37.1 Å². The van der Waals surface area contributed by atoms with E-state index in [2.05, 4.69) is 29.2 Å². The molecule has 0 spiro atoms. The third-order valence-corrected chi connectivity index (χ3v) is 4.74. The van der Waals surface area contributed by atoms with Gasteiger partial charge < -0.3 is 4.74 Å². The lowest BCUT2D eigenvalue weighted by atomic mass is 10.1. The van der Waals surface area contributed by atoms with Crippen molar-refractivity contribution in [2.45, 2.75) is 31.7 Å². The smallest absolute Gasteiger partial charge is 0.123 e. The fourth-order valence-corrected chi connectivity index (χ4v) is 3.15. The van der Waals surface area contributed by atoms with Crippen LogP contribution in [0.15, 0.2) is 29.6 Å². The minimum Gasteiger partial charge on any atom is -0.377 e. The second kappa shape index (κ2) is 6.70. The van der Waals surface area contributed by atoms with Gasteiger partial charge in [0.1, 0.15) is 5.01 Å². The summed E-state index contributed by atoms with van der Waals surface area (Å²) in [7, 11) is 0. The van der Waals surface area contributed by atoms with Crippen molar-refractivity contribution in [3.05, 3.63) is 40.9 Å². The second-order valence-electron chi connectivity index (χ2n) is 5.26. The van der Waals surface area contributed by atoms with Gasteiger partial charge in [-0.3, -0.25) is 0 Å². The molecule has 0 amide bonds. The molecule has 0 N–H and O–H groups in total. The molecule has 1 aromatic heterocycles. The van der Waals surface area contributed by atoms with Gasteiger partial charge in [-0.15, -0.1) is 22.9 Å². The molecule has 2 nitrogen and oxygen atoms in total. The van der Waals surface area contributed by atoms with Crippen molar-refractivity contribution in [1.29, 1.82) is 0 Å². The largest absolute Gasteiger partial charge is 0.377 e. The van der Waals surface area contributed by atoms with Crippen molar-refractivity contribution >= 4 is 22.9 Å². The zero-order valence-corrected chi connectivity index (χ0v) is 12.9. The Balaban J connectivity index is 1.53. The zero-order chi connectivity index (χ0) is 13.8. The van der Waals surface area contributed by atoms with Crippen LogP contribution in [0.25, 0.3) is 10.6 Å². The van der Waals surface area contributed by atoms with Gasteiger partial charge in [-0.25, -0.2) is 4.98 Å². The topological polar surface area (TPSA) is 22.1 Å². The summed E-state index contributed by atoms with van der Waals surface area (Å²) in [6, 6.07) is 8.45. The van der Waals surface area contributed by atoms with Crippen molar-refractivity contribution in [2.24, 2.45) is 5.92 Å². The lowest BCUT2D eigenvalue weighted by Crippen LogP contribution is -1.96. The number of ether oxygens (including phenoxy) is 1. The quantitative estimate of drug-likeness (QED) is 0.538. The average molecular weight is 308 g/mol. The Morgan fingerprint density at radius 3 is 2.70 bits per heavy atom. The lowest BCUT2D eigenvalue weighted by molar-refractivity contribution is 0.115. The van der Waals surface area contributed by atoms with E-state index in [1.54, 1.807) is 11.3 Å². The summed E-state index contributed by atoms with van der Waals surface area (Å²) in [5.41, 5.74) is 3.31. The molecule has 0 radical (unpaired) electrons. The highest BCUT2D eigenvalue weighted by Gasteiger charge is 2.20. The number of aromatic nitrogens is 1. The van der Waals surface area contributed by atoms with E-state index in [1.807, 2.05) is 5.38 Å². The standard InChI is InChI=1S/C16H18ClNOS/c17-9-15-11-20-16(18-15)14-5-3-13(4-6-14)10-19-8-7-12-1-2-12/h3-6,11-12H,1-2,7-10H2. The molecule has 20 heavy (non-hydrogen) atoms. The third kappa shape index (κ3) is 3.81. The van der Waals surface area contributed by atoms with E-state index in [0.717, 1.165) is 28.8 Å². The van der Waals surface area contributed by atoms with E-state index in [4.69, 9.17) is 16.3 Å². The van der Waals surface area contributed by atoms with Gasteiger partial charge in [0.2, 0.25) is 0 Å². The summed E-state index contributed by atoms with van der Waals surface area (Å²) in [4.78, 5) is 4.49. The van der Waals surface area contributed by atoms with Crippen LogP contribution in [0.1, 0.15) is 30.5 Å². The molecule has 4 heteroatoms. The Labute approximate surface area is 128 Å². The number of benzene rings is 1. The van der Waals surface area contributed by atoms with Gasteiger partial charge in [-0.05, 0) is 17.9 Å². The van der Waals surface area contributed by atoms with Crippen LogP contribution in [-0.2, 0) is 17.2 Å². The molecular formula is C16H18ClNOS. The highest BCUT2D eigenvalue weighted by atomic mass is 35.5. The molecule has 2 aromatic rings. The maximum Gasteiger partial charge on any atom is 0.123 e. The number of alkyl halides is 1. The number of thiazole rings is 1. The molecule has 0 saturated heterocycles. The first-order valence-corrected chi connectivity index (χ1v) is 8.44. The summed E-state index contributed by atoms with van der Waals surface area (Å²) in [5, 5.41) is 3.04. The summed E-state index contributed by atoms with van der Waals surface area (Å²) in [6.07, 6.45) is 4.02. The van der Waals surface area contributed by atoms with Gasteiger partial charge in [0.15, 0.2) is 0 Å². The number of rotatable bonds is 7. The number of nitrogens with zero attached hydrogens (tertiary/aromatic N) is 1. The lowest BCUT2D eigenvalue weighted by Gasteiger charge is -2.04. The highest BCUT2D eigenvalue weighted by Crippen LogP contribution is 2.32. The number of hydrogen-bond acceptors (Lipinski definition) is 3. The predicted octanol–water partition coefficient (Wildman–Crippen LogP) is 4.87. The van der Waals surface area contributed by atoms with Crippen molar-refractivity contribution in [3.8, 4) is 10.6 Å². The maximum atomic E-state index is 5.78. The molecule has 1 aliphatic carbocycles. The Bertz CT molecular complexity index is 548. The summed E-state index contributed by atoms with van der Waals surface area (Å²) < 4.78 is 5.71. The van der Waals surface area contributed by atoms with Gasteiger partial charge in [0.25, 0.3) is 0 Å². The first-order chi connectivity index (χ1) is 9.85. The molecular weight excluding hydrogens is 290 g/mol. The molecule has 0 unspecified atom stereocenters. The van der Waals surface area contributed by atoms with E-state index >= 15 is 0 Å². The fourth-order valence-electron chi connectivity index (χ4n) is 2.09. The van der Waals surface area contributed by atoms with Crippen LogP contribution >= 0.6 is 22.9 Å². The van der Waals surface area contributed by atoms with Crippen molar-refractivity contribution in [3.63, 3.8) is 0 Å². The summed E-state index contributed by atoms with van der Waals surface area (Å²) >= 11 is 7.42. The SMILES string of the molecule is ClCc1csc(-c2ccc(COCCC3CC3)cc2)n1. The van der Waals surface area contributed by atoms with Crippen molar-refractivity contribution in [1.82, 2.24) is 4.98 Å². The van der Waals surface area contributed by atoms with E-state index in [0.29, 0.717) is 12.5 Å². The van der Waals surface area contributed by atoms with Crippen LogP contribution in [0, 0.1) is 5.92 Å². The molecule has 0 aliphatic heterocycles. The van der Waals surface area contributed by atoms with Crippen LogP contribution in [0.3, 0.4) is 0 Å². The van der Waals surface area contributed by atoms with Crippen molar-refractivity contribution in [2.75, 3.05) is 6.61 Å².